The lowest BCUT2D eigenvalue weighted by Crippen LogP contribution is -2.53. The minimum Gasteiger partial charge on any atom is -0.508 e. The Morgan fingerprint density at radius 1 is 1.13 bits per heavy atom. The van der Waals surface area contributed by atoms with Gasteiger partial charge in [-0.3, -0.25) is 4.79 Å². The van der Waals surface area contributed by atoms with Crippen molar-refractivity contribution in [1.29, 1.82) is 0 Å². The van der Waals surface area contributed by atoms with Gasteiger partial charge in [0.05, 0.1) is 18.8 Å². The first-order chi connectivity index (χ1) is 14.2. The van der Waals surface area contributed by atoms with Crippen molar-refractivity contribution in [3.8, 4) is 11.5 Å². The van der Waals surface area contributed by atoms with Crippen LogP contribution in [-0.2, 0) is 11.8 Å². The average molecular weight is 410 g/mol. The second-order valence-corrected chi connectivity index (χ2v) is 9.60. The van der Waals surface area contributed by atoms with Crippen LogP contribution < -0.4 is 10.1 Å². The van der Waals surface area contributed by atoms with Gasteiger partial charge in [-0.25, -0.2) is 0 Å². The van der Waals surface area contributed by atoms with Crippen molar-refractivity contribution in [3.63, 3.8) is 0 Å². The topological polar surface area (TPSA) is 78.8 Å². The number of ether oxygens (including phenoxy) is 1. The van der Waals surface area contributed by atoms with E-state index in [2.05, 4.69) is 26.1 Å². The van der Waals surface area contributed by atoms with Crippen molar-refractivity contribution in [1.82, 2.24) is 0 Å². The van der Waals surface area contributed by atoms with E-state index < -0.39 is 0 Å². The summed E-state index contributed by atoms with van der Waals surface area (Å²) in [6.07, 6.45) is 3.31. The van der Waals surface area contributed by atoms with Gasteiger partial charge >= 0.3 is 0 Å². The maximum atomic E-state index is 13.0. The highest BCUT2D eigenvalue weighted by atomic mass is 16.5. The smallest absolute Gasteiger partial charge is 0.259 e. The molecule has 0 aliphatic heterocycles. The number of aryl methyl sites for hydroxylation is 1. The Kier molecular flexibility index (Phi) is 5.05. The monoisotopic (exact) mass is 409 g/mol. The predicted octanol–water partition coefficient (Wildman–Crippen LogP) is 4.65. The highest BCUT2D eigenvalue weighted by Crippen LogP contribution is 2.57. The van der Waals surface area contributed by atoms with Gasteiger partial charge < -0.3 is 20.3 Å². The number of aromatic hydroxyl groups is 1. The SMILES string of the molecule is COc1cc2c(cc1C(=O)Nc1ccc(O)cc1)CC[C@H]1C(C)(C)[C@@H](O)CC[C@]21C. The summed E-state index contributed by atoms with van der Waals surface area (Å²) in [6, 6.07) is 10.4. The highest BCUT2D eigenvalue weighted by molar-refractivity contribution is 6.06. The Bertz CT molecular complexity index is 966. The Balaban J connectivity index is 1.71. The third kappa shape index (κ3) is 3.25. The van der Waals surface area contributed by atoms with Crippen molar-refractivity contribution in [3.05, 3.63) is 53.1 Å². The number of hydrogen-bond acceptors (Lipinski definition) is 4. The number of aliphatic hydroxyl groups is 1. The summed E-state index contributed by atoms with van der Waals surface area (Å²) in [5, 5.41) is 23.0. The van der Waals surface area contributed by atoms with Crippen molar-refractivity contribution in [2.45, 2.75) is 58.0 Å². The van der Waals surface area contributed by atoms with Gasteiger partial charge in [0.1, 0.15) is 11.5 Å². The lowest BCUT2D eigenvalue weighted by atomic mass is 9.49. The summed E-state index contributed by atoms with van der Waals surface area (Å²) in [4.78, 5) is 13.0. The fourth-order valence-corrected chi connectivity index (χ4v) is 5.80. The van der Waals surface area contributed by atoms with Crippen LogP contribution in [0.5, 0.6) is 11.5 Å². The fraction of sp³-hybridized carbons (Fsp3) is 0.480. The summed E-state index contributed by atoms with van der Waals surface area (Å²) >= 11 is 0. The van der Waals surface area contributed by atoms with E-state index in [9.17, 15) is 15.0 Å². The third-order valence-electron chi connectivity index (χ3n) is 7.58. The van der Waals surface area contributed by atoms with Crippen LogP contribution in [0.3, 0.4) is 0 Å². The highest BCUT2D eigenvalue weighted by Gasteiger charge is 2.53. The summed E-state index contributed by atoms with van der Waals surface area (Å²) in [5.41, 5.74) is 3.38. The number of amides is 1. The second kappa shape index (κ2) is 7.31. The van der Waals surface area contributed by atoms with Gasteiger partial charge in [-0.1, -0.05) is 20.8 Å². The molecule has 1 amide bonds. The molecule has 5 heteroatoms. The number of carbonyl (C=O) groups excluding carboxylic acids is 1. The fourth-order valence-electron chi connectivity index (χ4n) is 5.80. The number of methoxy groups -OCH3 is 1. The first-order valence-corrected chi connectivity index (χ1v) is 10.7. The number of benzene rings is 2. The molecule has 0 bridgehead atoms. The first-order valence-electron chi connectivity index (χ1n) is 10.7. The molecule has 0 saturated heterocycles. The number of phenolic OH excluding ortho intramolecular Hbond substituents is 1. The van der Waals surface area contributed by atoms with Crippen molar-refractivity contribution in [2.24, 2.45) is 11.3 Å². The number of fused-ring (bicyclic) bond motifs is 3. The first kappa shape index (κ1) is 20.7. The molecule has 2 aromatic rings. The number of anilines is 1. The summed E-state index contributed by atoms with van der Waals surface area (Å²) < 4.78 is 5.64. The predicted molar refractivity (Wildman–Crippen MR) is 117 cm³/mol. The molecule has 2 aliphatic rings. The van der Waals surface area contributed by atoms with Crippen LogP contribution in [0.25, 0.3) is 0 Å². The minimum absolute atomic E-state index is 0.0461. The Labute approximate surface area is 178 Å². The lowest BCUT2D eigenvalue weighted by molar-refractivity contribution is -0.0731. The van der Waals surface area contributed by atoms with E-state index in [1.54, 1.807) is 31.4 Å². The Morgan fingerprint density at radius 3 is 2.50 bits per heavy atom. The van der Waals surface area contributed by atoms with Gasteiger partial charge in [0.25, 0.3) is 5.91 Å². The molecule has 0 aromatic heterocycles. The van der Waals surface area contributed by atoms with Crippen LogP contribution >= 0.6 is 0 Å². The number of carbonyl (C=O) groups is 1. The van der Waals surface area contributed by atoms with E-state index in [4.69, 9.17) is 4.74 Å². The summed E-state index contributed by atoms with van der Waals surface area (Å²) in [7, 11) is 1.59. The molecule has 5 nitrogen and oxygen atoms in total. The van der Waals surface area contributed by atoms with Gasteiger partial charge in [-0.05, 0) is 90.0 Å². The van der Waals surface area contributed by atoms with Crippen LogP contribution in [-0.4, -0.2) is 29.3 Å². The van der Waals surface area contributed by atoms with E-state index in [0.29, 0.717) is 22.9 Å². The average Bonchev–Trinajstić information content (AvgIpc) is 2.72. The molecule has 3 N–H and O–H groups in total. The van der Waals surface area contributed by atoms with Crippen molar-refractivity contribution in [2.75, 3.05) is 12.4 Å². The molecule has 4 rings (SSSR count). The number of phenols is 1. The number of aliphatic hydroxyl groups excluding tert-OH is 1. The number of hydrogen-bond donors (Lipinski definition) is 3. The molecular weight excluding hydrogens is 378 g/mol. The third-order valence-corrected chi connectivity index (χ3v) is 7.58. The van der Waals surface area contributed by atoms with Gasteiger partial charge in [-0.2, -0.15) is 0 Å². The van der Waals surface area contributed by atoms with Gasteiger partial charge in [0.15, 0.2) is 0 Å². The van der Waals surface area contributed by atoms with E-state index in [1.165, 1.54) is 11.1 Å². The summed E-state index contributed by atoms with van der Waals surface area (Å²) in [5.74, 6) is 0.869. The van der Waals surface area contributed by atoms with E-state index in [-0.39, 0.29) is 28.6 Å². The van der Waals surface area contributed by atoms with Crippen molar-refractivity contribution < 1.29 is 19.7 Å². The standard InChI is InChI=1S/C25H31NO4/c1-24(2)21-10-5-15-13-18(23(29)26-16-6-8-17(27)9-7-16)20(30-4)14-19(15)25(21,3)12-11-22(24)28/h6-9,13-14,21-22,27-28H,5,10-12H2,1-4H3,(H,26,29)/t21-,22-,25+/m0/s1. The molecule has 0 radical (unpaired) electrons. The van der Waals surface area contributed by atoms with Gasteiger partial charge in [0, 0.05) is 5.69 Å². The molecule has 0 heterocycles. The molecule has 1 fully saturated rings. The second-order valence-electron chi connectivity index (χ2n) is 9.60. The zero-order chi connectivity index (χ0) is 21.7. The molecule has 0 spiro atoms. The molecule has 30 heavy (non-hydrogen) atoms. The molecule has 160 valence electrons. The van der Waals surface area contributed by atoms with E-state index in [0.717, 1.165) is 25.7 Å². The van der Waals surface area contributed by atoms with Crippen LogP contribution in [0, 0.1) is 11.3 Å². The zero-order valence-electron chi connectivity index (χ0n) is 18.2. The largest absolute Gasteiger partial charge is 0.508 e. The Morgan fingerprint density at radius 2 is 1.83 bits per heavy atom. The zero-order valence-corrected chi connectivity index (χ0v) is 18.2. The normalized spacial score (nSPS) is 27.0. The molecular formula is C25H31NO4. The lowest BCUT2D eigenvalue weighted by Gasteiger charge is -2.56. The minimum atomic E-state index is -0.283. The maximum Gasteiger partial charge on any atom is 0.259 e. The van der Waals surface area contributed by atoms with E-state index in [1.807, 2.05) is 12.1 Å². The van der Waals surface area contributed by atoms with Crippen LogP contribution in [0.2, 0.25) is 0 Å². The molecule has 2 aliphatic carbocycles. The molecule has 0 unspecified atom stereocenters. The van der Waals surface area contributed by atoms with Gasteiger partial charge in [-0.15, -0.1) is 0 Å². The van der Waals surface area contributed by atoms with E-state index >= 15 is 0 Å². The van der Waals surface area contributed by atoms with Crippen molar-refractivity contribution >= 4 is 11.6 Å². The van der Waals surface area contributed by atoms with Crippen LogP contribution in [0.15, 0.2) is 36.4 Å². The maximum absolute atomic E-state index is 13.0. The quantitative estimate of drug-likeness (QED) is 0.645. The van der Waals surface area contributed by atoms with Gasteiger partial charge in [0.2, 0.25) is 0 Å². The molecule has 1 saturated carbocycles. The number of rotatable bonds is 3. The van der Waals surface area contributed by atoms with Crippen LogP contribution in [0.4, 0.5) is 5.69 Å². The molecule has 3 atom stereocenters. The molecule has 2 aromatic carbocycles. The summed E-state index contributed by atoms with van der Waals surface area (Å²) in [6.45, 7) is 6.67. The number of nitrogens with one attached hydrogen (secondary N) is 1. The Hall–Kier alpha value is -2.53. The van der Waals surface area contributed by atoms with Crippen LogP contribution in [0.1, 0.15) is 61.5 Å².